The number of benzene rings is 1. The molecule has 0 fully saturated rings. The Hall–Kier alpha value is -0.803. The Balaban J connectivity index is 2.59. The van der Waals surface area contributed by atoms with E-state index in [-0.39, 0.29) is 6.61 Å². The van der Waals surface area contributed by atoms with Gasteiger partial charge < -0.3 is 10.4 Å². The minimum Gasteiger partial charge on any atom is -0.392 e. The van der Waals surface area contributed by atoms with Crippen molar-refractivity contribution in [2.75, 3.05) is 11.5 Å². The Morgan fingerprint density at radius 2 is 2.00 bits per heavy atom. The van der Waals surface area contributed by atoms with Crippen LogP contribution < -0.4 is 5.32 Å². The van der Waals surface area contributed by atoms with Gasteiger partial charge in [-0.2, -0.15) is 0 Å². The fourth-order valence-corrected chi connectivity index (χ4v) is 1.88. The molecule has 0 aliphatic carbocycles. The molecule has 1 aromatic carbocycles. The van der Waals surface area contributed by atoms with Gasteiger partial charge in [0.2, 0.25) is 0 Å². The summed E-state index contributed by atoms with van der Waals surface area (Å²) >= 11 is 0. The van der Waals surface area contributed by atoms with E-state index in [1.807, 2.05) is 24.3 Å². The maximum absolute atomic E-state index is 8.97. The SMILES string of the molecule is C[Si](C)(C)CNc1cccc(CO)c1. The van der Waals surface area contributed by atoms with Crippen molar-refractivity contribution >= 4 is 13.8 Å². The van der Waals surface area contributed by atoms with Crippen molar-refractivity contribution < 1.29 is 5.11 Å². The molecule has 0 aliphatic rings. The van der Waals surface area contributed by atoms with E-state index in [0.717, 1.165) is 17.4 Å². The summed E-state index contributed by atoms with van der Waals surface area (Å²) in [7, 11) is -1.04. The largest absolute Gasteiger partial charge is 0.392 e. The molecule has 0 aromatic heterocycles. The number of anilines is 1. The highest BCUT2D eigenvalue weighted by Gasteiger charge is 2.11. The molecule has 0 bridgehead atoms. The fraction of sp³-hybridized carbons (Fsp3) is 0.455. The third kappa shape index (κ3) is 3.94. The molecule has 1 rings (SSSR count). The van der Waals surface area contributed by atoms with E-state index in [2.05, 4.69) is 25.0 Å². The first-order valence-electron chi connectivity index (χ1n) is 4.95. The summed E-state index contributed by atoms with van der Waals surface area (Å²) in [6.45, 7) is 7.10. The van der Waals surface area contributed by atoms with Crippen LogP contribution in [0.4, 0.5) is 5.69 Å². The average molecular weight is 209 g/mol. The summed E-state index contributed by atoms with van der Waals surface area (Å²) in [6, 6.07) is 7.94. The van der Waals surface area contributed by atoms with E-state index >= 15 is 0 Å². The molecule has 0 saturated heterocycles. The van der Waals surface area contributed by atoms with Crippen molar-refractivity contribution in [3.63, 3.8) is 0 Å². The van der Waals surface area contributed by atoms with Crippen LogP contribution in [0.15, 0.2) is 24.3 Å². The van der Waals surface area contributed by atoms with E-state index in [0.29, 0.717) is 0 Å². The Bertz CT molecular complexity index is 294. The van der Waals surface area contributed by atoms with Gasteiger partial charge in [0.05, 0.1) is 14.7 Å². The lowest BCUT2D eigenvalue weighted by molar-refractivity contribution is 0.282. The first-order chi connectivity index (χ1) is 6.51. The second kappa shape index (κ2) is 4.62. The predicted octanol–water partition coefficient (Wildman–Crippen LogP) is 2.47. The minimum atomic E-state index is -1.04. The fourth-order valence-electron chi connectivity index (χ4n) is 1.15. The van der Waals surface area contributed by atoms with Gasteiger partial charge in [0.25, 0.3) is 0 Å². The molecule has 1 aromatic rings. The van der Waals surface area contributed by atoms with Gasteiger partial charge in [0.15, 0.2) is 0 Å². The first-order valence-corrected chi connectivity index (χ1v) is 8.66. The van der Waals surface area contributed by atoms with Crippen LogP contribution in [0.2, 0.25) is 19.6 Å². The molecule has 0 unspecified atom stereocenters. The van der Waals surface area contributed by atoms with Crippen LogP contribution in [0, 0.1) is 0 Å². The number of aliphatic hydroxyl groups excluding tert-OH is 1. The highest BCUT2D eigenvalue weighted by molar-refractivity contribution is 6.76. The Morgan fingerprint density at radius 3 is 2.57 bits per heavy atom. The van der Waals surface area contributed by atoms with Crippen molar-refractivity contribution in [1.82, 2.24) is 0 Å². The van der Waals surface area contributed by atoms with Gasteiger partial charge in [-0.3, -0.25) is 0 Å². The van der Waals surface area contributed by atoms with Crippen LogP contribution in [0.1, 0.15) is 5.56 Å². The van der Waals surface area contributed by atoms with Gasteiger partial charge in [0, 0.05) is 11.9 Å². The van der Waals surface area contributed by atoms with E-state index in [9.17, 15) is 0 Å². The second-order valence-corrected chi connectivity index (χ2v) is 10.2. The highest BCUT2D eigenvalue weighted by atomic mass is 28.3. The summed E-state index contributed by atoms with van der Waals surface area (Å²) in [6.07, 6.45) is 1.07. The Labute approximate surface area is 87.0 Å². The molecule has 2 nitrogen and oxygen atoms in total. The molecule has 78 valence electrons. The number of aliphatic hydroxyl groups is 1. The van der Waals surface area contributed by atoms with E-state index in [4.69, 9.17) is 5.11 Å². The van der Waals surface area contributed by atoms with Crippen molar-refractivity contribution in [3.05, 3.63) is 29.8 Å². The zero-order valence-corrected chi connectivity index (χ0v) is 10.2. The van der Waals surface area contributed by atoms with Crippen molar-refractivity contribution in [2.24, 2.45) is 0 Å². The number of hydrogen-bond donors (Lipinski definition) is 2. The van der Waals surface area contributed by atoms with Gasteiger partial charge in [-0.15, -0.1) is 0 Å². The predicted molar refractivity (Wildman–Crippen MR) is 64.2 cm³/mol. The van der Waals surface area contributed by atoms with Crippen LogP contribution in [-0.4, -0.2) is 19.3 Å². The minimum absolute atomic E-state index is 0.114. The summed E-state index contributed by atoms with van der Waals surface area (Å²) in [5, 5.41) is 12.4. The molecule has 3 heteroatoms. The molecular formula is C11H19NOSi. The van der Waals surface area contributed by atoms with Crippen molar-refractivity contribution in [1.29, 1.82) is 0 Å². The van der Waals surface area contributed by atoms with Gasteiger partial charge in [0.1, 0.15) is 0 Å². The van der Waals surface area contributed by atoms with Gasteiger partial charge >= 0.3 is 0 Å². The molecule has 0 aliphatic heterocycles. The average Bonchev–Trinajstić information content (AvgIpc) is 2.14. The summed E-state index contributed by atoms with van der Waals surface area (Å²) in [5.74, 6) is 0. The number of rotatable bonds is 4. The molecule has 0 atom stereocenters. The Kier molecular flexibility index (Phi) is 3.72. The van der Waals surface area contributed by atoms with Gasteiger partial charge in [-0.25, -0.2) is 0 Å². The summed E-state index contributed by atoms with van der Waals surface area (Å²) in [4.78, 5) is 0. The highest BCUT2D eigenvalue weighted by Crippen LogP contribution is 2.11. The summed E-state index contributed by atoms with van der Waals surface area (Å²) < 4.78 is 0. The van der Waals surface area contributed by atoms with Gasteiger partial charge in [-0.1, -0.05) is 31.8 Å². The first kappa shape index (κ1) is 11.3. The normalized spacial score (nSPS) is 11.4. The van der Waals surface area contributed by atoms with Crippen LogP contribution >= 0.6 is 0 Å². The Morgan fingerprint density at radius 1 is 1.29 bits per heavy atom. The molecule has 14 heavy (non-hydrogen) atoms. The van der Waals surface area contributed by atoms with E-state index in [1.165, 1.54) is 0 Å². The zero-order chi connectivity index (χ0) is 10.6. The zero-order valence-electron chi connectivity index (χ0n) is 9.17. The molecule has 0 saturated carbocycles. The lowest BCUT2D eigenvalue weighted by atomic mass is 10.2. The molecular weight excluding hydrogens is 190 g/mol. The smallest absolute Gasteiger partial charge is 0.0682 e. The number of hydrogen-bond acceptors (Lipinski definition) is 2. The molecule has 0 heterocycles. The lowest BCUT2D eigenvalue weighted by Gasteiger charge is -2.17. The molecule has 2 N–H and O–H groups in total. The maximum atomic E-state index is 8.97. The van der Waals surface area contributed by atoms with Gasteiger partial charge in [-0.05, 0) is 17.7 Å². The number of nitrogens with one attached hydrogen (secondary N) is 1. The third-order valence-electron chi connectivity index (χ3n) is 1.93. The summed E-state index contributed by atoms with van der Waals surface area (Å²) in [5.41, 5.74) is 2.07. The van der Waals surface area contributed by atoms with Crippen LogP contribution in [0.5, 0.6) is 0 Å². The molecule has 0 amide bonds. The third-order valence-corrected chi connectivity index (χ3v) is 3.17. The van der Waals surface area contributed by atoms with E-state index < -0.39 is 8.07 Å². The maximum Gasteiger partial charge on any atom is 0.0682 e. The quantitative estimate of drug-likeness (QED) is 0.747. The van der Waals surface area contributed by atoms with Crippen LogP contribution in [-0.2, 0) is 6.61 Å². The van der Waals surface area contributed by atoms with Crippen molar-refractivity contribution in [2.45, 2.75) is 26.2 Å². The molecule has 0 radical (unpaired) electrons. The van der Waals surface area contributed by atoms with Crippen LogP contribution in [0.25, 0.3) is 0 Å². The van der Waals surface area contributed by atoms with E-state index in [1.54, 1.807) is 0 Å². The lowest BCUT2D eigenvalue weighted by Crippen LogP contribution is -2.31. The second-order valence-electron chi connectivity index (χ2n) is 4.77. The molecule has 0 spiro atoms. The standard InChI is InChI=1S/C11H19NOSi/c1-14(2,3)9-12-11-6-4-5-10(7-11)8-13/h4-7,12-13H,8-9H2,1-3H3. The van der Waals surface area contributed by atoms with Crippen LogP contribution in [0.3, 0.4) is 0 Å². The topological polar surface area (TPSA) is 32.3 Å². The van der Waals surface area contributed by atoms with Crippen molar-refractivity contribution in [3.8, 4) is 0 Å². The monoisotopic (exact) mass is 209 g/mol.